The molecule has 9 atom stereocenters. The molecule has 2 rings (SSSR count). The van der Waals surface area contributed by atoms with Crippen molar-refractivity contribution in [3.63, 3.8) is 0 Å². The van der Waals surface area contributed by atoms with Crippen LogP contribution in [-0.4, -0.2) is 165 Å². The van der Waals surface area contributed by atoms with E-state index in [2.05, 4.69) is 37.2 Å². The van der Waals surface area contributed by atoms with Gasteiger partial charge in [0.1, 0.15) is 54.1 Å². The lowest BCUT2D eigenvalue weighted by Gasteiger charge is -2.31. The number of carboxylic acid groups (broad SMARTS) is 2. The zero-order chi connectivity index (χ0) is 52.8. The average molecular weight is 992 g/mol. The molecule has 26 nitrogen and oxygen atoms in total. The first-order chi connectivity index (χ1) is 32.9. The van der Waals surface area contributed by atoms with Gasteiger partial charge in [0.2, 0.25) is 53.2 Å². The van der Waals surface area contributed by atoms with Crippen LogP contribution in [0.1, 0.15) is 91.0 Å². The number of hydrogen-bond acceptors (Lipinski definition) is 15. The molecule has 1 aromatic rings. The van der Waals surface area contributed by atoms with Gasteiger partial charge in [-0.2, -0.15) is 0 Å². The highest BCUT2D eigenvalue weighted by molar-refractivity contribution is 5.98. The molecule has 1 aromatic carbocycles. The zero-order valence-electron chi connectivity index (χ0n) is 39.7. The third-order valence-corrected chi connectivity index (χ3v) is 11.2. The van der Waals surface area contributed by atoms with Crippen molar-refractivity contribution in [3.05, 3.63) is 29.8 Å². The van der Waals surface area contributed by atoms with Gasteiger partial charge in [0.25, 0.3) is 0 Å². The number of aliphatic carboxylic acids is 2. The molecule has 1 saturated heterocycles. The highest BCUT2D eigenvalue weighted by atomic mass is 16.4. The number of nitrogens with zero attached hydrogens (tertiary/aromatic N) is 1. The largest absolute Gasteiger partial charge is 0.508 e. The lowest BCUT2D eigenvalue weighted by atomic mass is 10.0. The van der Waals surface area contributed by atoms with E-state index < -0.39 is 152 Å². The van der Waals surface area contributed by atoms with E-state index in [0.717, 1.165) is 0 Å². The Hall–Kier alpha value is -6.93. The minimum absolute atomic E-state index is 0.0772. The van der Waals surface area contributed by atoms with Gasteiger partial charge in [-0.1, -0.05) is 26.0 Å². The number of hydrogen-bond donors (Lipinski definition) is 14. The Morgan fingerprint density at radius 1 is 0.671 bits per heavy atom. The summed E-state index contributed by atoms with van der Waals surface area (Å²) in [7, 11) is 0. The molecule has 70 heavy (non-hydrogen) atoms. The molecule has 9 amide bonds. The number of unbranched alkanes of at least 4 members (excludes halogenated alkanes) is 1. The minimum Gasteiger partial charge on any atom is -0.508 e. The molecule has 0 unspecified atom stereocenters. The summed E-state index contributed by atoms with van der Waals surface area (Å²) >= 11 is 0. The Labute approximate surface area is 404 Å². The second kappa shape index (κ2) is 29.2. The Bertz CT molecular complexity index is 2020. The third-order valence-electron chi connectivity index (χ3n) is 11.2. The fourth-order valence-electron chi connectivity index (χ4n) is 7.15. The van der Waals surface area contributed by atoms with Crippen LogP contribution >= 0.6 is 0 Å². The third kappa shape index (κ3) is 19.6. The molecule has 1 fully saturated rings. The molecule has 1 aliphatic rings. The van der Waals surface area contributed by atoms with Gasteiger partial charge in [-0.05, 0) is 89.0 Å². The number of carboxylic acids is 2. The van der Waals surface area contributed by atoms with E-state index >= 15 is 0 Å². The number of carbonyl (C=O) groups excluding carboxylic acids is 9. The van der Waals surface area contributed by atoms with Gasteiger partial charge in [0, 0.05) is 25.8 Å². The fraction of sp³-hybridized carbons (Fsp3) is 0.614. The van der Waals surface area contributed by atoms with Gasteiger partial charge in [-0.15, -0.1) is 0 Å². The van der Waals surface area contributed by atoms with Gasteiger partial charge in [0.05, 0.1) is 12.6 Å². The van der Waals surface area contributed by atoms with E-state index in [1.807, 2.05) is 0 Å². The maximum Gasteiger partial charge on any atom is 0.326 e. The Kier molecular flexibility index (Phi) is 24.7. The summed E-state index contributed by atoms with van der Waals surface area (Å²) in [4.78, 5) is 144. The first kappa shape index (κ1) is 59.2. The molecule has 390 valence electrons. The van der Waals surface area contributed by atoms with Crippen molar-refractivity contribution in [2.45, 2.75) is 146 Å². The number of rotatable bonds is 30. The number of likely N-dealkylation sites (tertiary alicyclic amines) is 1. The number of primary amides is 1. The number of carbonyl (C=O) groups is 11. The molecule has 0 spiro atoms. The van der Waals surface area contributed by atoms with Crippen molar-refractivity contribution < 1.29 is 73.2 Å². The number of nitrogens with two attached hydrogens (primary N) is 3. The van der Waals surface area contributed by atoms with Crippen LogP contribution in [0.25, 0.3) is 0 Å². The predicted octanol–water partition coefficient (Wildman–Crippen LogP) is -4.32. The van der Waals surface area contributed by atoms with Crippen LogP contribution in [0.3, 0.4) is 0 Å². The highest BCUT2D eigenvalue weighted by Crippen LogP contribution is 2.21. The quantitative estimate of drug-likeness (QED) is 0.0324. The maximum atomic E-state index is 14.0. The van der Waals surface area contributed by atoms with Gasteiger partial charge in [-0.3, -0.25) is 47.9 Å². The van der Waals surface area contributed by atoms with Crippen molar-refractivity contribution in [2.24, 2.45) is 23.1 Å². The molecule has 0 aliphatic carbocycles. The fourth-order valence-corrected chi connectivity index (χ4v) is 7.15. The maximum absolute atomic E-state index is 14.0. The molecule has 1 aliphatic heterocycles. The summed E-state index contributed by atoms with van der Waals surface area (Å²) in [6, 6.07) is -6.54. The molecule has 1 heterocycles. The Balaban J connectivity index is 2.32. The zero-order valence-corrected chi connectivity index (χ0v) is 39.7. The number of amides is 9. The van der Waals surface area contributed by atoms with Crippen molar-refractivity contribution in [2.75, 3.05) is 19.7 Å². The summed E-state index contributed by atoms with van der Waals surface area (Å²) in [5.74, 6) is -11.1. The van der Waals surface area contributed by atoms with E-state index in [0.29, 0.717) is 18.4 Å². The van der Waals surface area contributed by atoms with Gasteiger partial charge >= 0.3 is 11.9 Å². The van der Waals surface area contributed by atoms with E-state index in [4.69, 9.17) is 22.3 Å². The number of aliphatic hydroxyl groups is 1. The molecule has 0 saturated carbocycles. The number of phenolic OH excluding ortho intramolecular Hbond substituents is 1. The Morgan fingerprint density at radius 2 is 1.21 bits per heavy atom. The standard InChI is InChI=1S/C44H69N11O15/c1-22(2)35(54-36(61)23(3)46)43(68)55-19-7-9-32(55)42(67)52-30(20-25-10-12-26(57)13-11-25)40(65)48-24(4)37(62)49-28(14-16-33(47)58)39(64)50-27(8-5-6-18-45)38(63)53-31(21-56)41(66)51-29(44(69)70)15-17-34(59)60/h10-13,22-24,27-32,35,56-57H,5-9,14-21,45-46H2,1-4H3,(H2,47,58)(H,48,65)(H,49,62)(H,50,64)(H,51,66)(H,52,67)(H,53,63)(H,54,61)(H,59,60)(H,69,70)/t23-,24-,27-,28-,29-,30-,31-,32-,35-/m0/s1. The summed E-state index contributed by atoms with van der Waals surface area (Å²) in [6.07, 6.45) is -0.982. The van der Waals surface area contributed by atoms with Crippen molar-refractivity contribution in [1.29, 1.82) is 0 Å². The molecular formula is C44H69N11O15. The van der Waals surface area contributed by atoms with Crippen LogP contribution in [-0.2, 0) is 59.2 Å². The normalized spacial score (nSPS) is 16.7. The van der Waals surface area contributed by atoms with E-state index in [-0.39, 0.29) is 50.4 Å². The van der Waals surface area contributed by atoms with Crippen molar-refractivity contribution in [1.82, 2.24) is 42.1 Å². The van der Waals surface area contributed by atoms with E-state index in [1.165, 1.54) is 43.0 Å². The minimum atomic E-state index is -1.76. The SMILES string of the molecule is CC(C)[C@H](NC(=O)[C@H](C)N)C(=O)N1CCC[C@H]1C(=O)N[C@@H](Cc1ccc(O)cc1)C(=O)N[C@@H](C)C(=O)N[C@@H](CCC(N)=O)C(=O)N[C@@H](CCCCN)C(=O)N[C@@H](CO)C(=O)N[C@@H](CCC(=O)O)C(=O)O. The molecule has 17 N–H and O–H groups in total. The van der Waals surface area contributed by atoms with Crippen LogP contribution < -0.4 is 54.4 Å². The van der Waals surface area contributed by atoms with Crippen LogP contribution in [0, 0.1) is 5.92 Å². The molecular weight excluding hydrogens is 923 g/mol. The number of phenols is 1. The van der Waals surface area contributed by atoms with E-state index in [9.17, 15) is 68.1 Å². The number of aliphatic hydroxyl groups excluding tert-OH is 1. The van der Waals surface area contributed by atoms with Crippen LogP contribution in [0.5, 0.6) is 5.75 Å². The van der Waals surface area contributed by atoms with Gasteiger partial charge in [0.15, 0.2) is 0 Å². The second-order valence-corrected chi connectivity index (χ2v) is 17.4. The van der Waals surface area contributed by atoms with Crippen molar-refractivity contribution in [3.8, 4) is 5.75 Å². The van der Waals surface area contributed by atoms with Gasteiger partial charge in [-0.25, -0.2) is 4.79 Å². The summed E-state index contributed by atoms with van der Waals surface area (Å²) in [6.45, 7) is 5.47. The molecule has 26 heteroatoms. The van der Waals surface area contributed by atoms with Crippen LogP contribution in [0.2, 0.25) is 0 Å². The van der Waals surface area contributed by atoms with Crippen LogP contribution in [0.4, 0.5) is 0 Å². The first-order valence-electron chi connectivity index (χ1n) is 22.9. The lowest BCUT2D eigenvalue weighted by molar-refractivity contribution is -0.144. The second-order valence-electron chi connectivity index (χ2n) is 17.4. The monoisotopic (exact) mass is 991 g/mol. The molecule has 0 bridgehead atoms. The van der Waals surface area contributed by atoms with Crippen molar-refractivity contribution >= 4 is 65.1 Å². The number of nitrogens with one attached hydrogen (secondary N) is 7. The topological polar surface area (TPSA) is 434 Å². The smallest absolute Gasteiger partial charge is 0.326 e. The first-order valence-corrected chi connectivity index (χ1v) is 22.9. The summed E-state index contributed by atoms with van der Waals surface area (Å²) < 4.78 is 0. The highest BCUT2D eigenvalue weighted by Gasteiger charge is 2.40. The number of aromatic hydroxyl groups is 1. The molecule has 0 radical (unpaired) electrons. The average Bonchev–Trinajstić information content (AvgIpc) is 3.79. The van der Waals surface area contributed by atoms with E-state index in [1.54, 1.807) is 13.8 Å². The molecule has 0 aromatic heterocycles. The predicted molar refractivity (Wildman–Crippen MR) is 247 cm³/mol. The van der Waals surface area contributed by atoms with Gasteiger partial charge < -0.3 is 79.7 Å². The van der Waals surface area contributed by atoms with Crippen LogP contribution in [0.15, 0.2) is 24.3 Å². The Morgan fingerprint density at radius 3 is 1.76 bits per heavy atom. The lowest BCUT2D eigenvalue weighted by Crippen LogP contribution is -2.60. The number of benzene rings is 1. The summed E-state index contributed by atoms with van der Waals surface area (Å²) in [5, 5.41) is 55.1. The summed E-state index contributed by atoms with van der Waals surface area (Å²) in [5.41, 5.74) is 17.2.